The lowest BCUT2D eigenvalue weighted by atomic mass is 9.86. The summed E-state index contributed by atoms with van der Waals surface area (Å²) in [5.41, 5.74) is 8.90. The van der Waals surface area contributed by atoms with Crippen molar-refractivity contribution in [3.63, 3.8) is 0 Å². The summed E-state index contributed by atoms with van der Waals surface area (Å²) < 4.78 is 36.3. The summed E-state index contributed by atoms with van der Waals surface area (Å²) in [6.45, 7) is 20.5. The molecule has 0 atom stereocenters. The fraction of sp³-hybridized carbons (Fsp3) is 0.361. The molecule has 0 N–H and O–H groups in total. The van der Waals surface area contributed by atoms with Crippen LogP contribution in [0.4, 0.5) is 13.2 Å². The lowest BCUT2D eigenvalue weighted by molar-refractivity contribution is -0.137. The molecule has 0 aromatic heterocycles. The molecule has 1 aliphatic carbocycles. The van der Waals surface area contributed by atoms with E-state index in [4.69, 9.17) is 5.26 Å². The zero-order valence-corrected chi connectivity index (χ0v) is 24.8. The highest BCUT2D eigenvalue weighted by Crippen LogP contribution is 2.52. The summed E-state index contributed by atoms with van der Waals surface area (Å²) in [7, 11) is 0. The number of halogens is 3. The van der Waals surface area contributed by atoms with Crippen molar-refractivity contribution in [1.29, 1.82) is 5.26 Å². The lowest BCUT2D eigenvalue weighted by Gasteiger charge is -2.18. The van der Waals surface area contributed by atoms with Crippen molar-refractivity contribution in [1.82, 2.24) is 0 Å². The topological polar surface area (TPSA) is 23.8 Å². The van der Waals surface area contributed by atoms with E-state index >= 15 is 0 Å². The summed E-state index contributed by atoms with van der Waals surface area (Å²) >= 11 is 0. The molecule has 3 aromatic rings. The zero-order valence-electron chi connectivity index (χ0n) is 24.8. The van der Waals surface area contributed by atoms with Crippen LogP contribution in [0.3, 0.4) is 0 Å². The number of nitriles is 1. The summed E-state index contributed by atoms with van der Waals surface area (Å²) in [6, 6.07) is 22.1. The molecule has 1 nitrogen and oxygen atoms in total. The van der Waals surface area contributed by atoms with Crippen molar-refractivity contribution in [2.24, 2.45) is 0 Å². The first-order valence-corrected chi connectivity index (χ1v) is 13.9. The molecule has 3 aromatic carbocycles. The van der Waals surface area contributed by atoms with Crippen LogP contribution >= 0.6 is 0 Å². The zero-order chi connectivity index (χ0) is 30.1. The Morgan fingerprint density at radius 1 is 0.975 bits per heavy atom. The van der Waals surface area contributed by atoms with E-state index in [0.29, 0.717) is 28.9 Å². The highest BCUT2D eigenvalue weighted by Gasteiger charge is 2.43. The summed E-state index contributed by atoms with van der Waals surface area (Å²) in [4.78, 5) is 0. The monoisotopic (exact) mass is 545 g/mol. The SMILES string of the molecule is C=C(C#N)c1ccc(C(C)C)cc1.C=C(C)c1cccc(C2(CC)CC2)c1C.CCc1cccc(C(F)(F)F)c1. The van der Waals surface area contributed by atoms with Gasteiger partial charge in [-0.1, -0.05) is 107 Å². The van der Waals surface area contributed by atoms with E-state index in [-0.39, 0.29) is 0 Å². The molecule has 0 radical (unpaired) electrons. The second-order valence-electron chi connectivity index (χ2n) is 10.8. The van der Waals surface area contributed by atoms with E-state index in [1.54, 1.807) is 11.6 Å². The lowest BCUT2D eigenvalue weighted by Crippen LogP contribution is -2.07. The molecule has 212 valence electrons. The van der Waals surface area contributed by atoms with Gasteiger partial charge in [-0.15, -0.1) is 0 Å². The van der Waals surface area contributed by atoms with Crippen LogP contribution in [0.5, 0.6) is 0 Å². The van der Waals surface area contributed by atoms with Gasteiger partial charge in [0.15, 0.2) is 0 Å². The van der Waals surface area contributed by atoms with Crippen LogP contribution in [0.2, 0.25) is 0 Å². The highest BCUT2D eigenvalue weighted by molar-refractivity contribution is 5.74. The van der Waals surface area contributed by atoms with Gasteiger partial charge in [-0.2, -0.15) is 18.4 Å². The Hall–Kier alpha value is -3.58. The van der Waals surface area contributed by atoms with E-state index in [0.717, 1.165) is 11.6 Å². The highest BCUT2D eigenvalue weighted by atomic mass is 19.4. The number of aryl methyl sites for hydroxylation is 1. The third kappa shape index (κ3) is 8.71. The van der Waals surface area contributed by atoms with Gasteiger partial charge >= 0.3 is 6.18 Å². The average Bonchev–Trinajstić information content (AvgIpc) is 3.74. The van der Waals surface area contributed by atoms with Crippen molar-refractivity contribution in [2.45, 2.75) is 84.7 Å². The fourth-order valence-electron chi connectivity index (χ4n) is 4.74. The predicted molar refractivity (Wildman–Crippen MR) is 163 cm³/mol. The molecule has 4 rings (SSSR count). The quantitative estimate of drug-likeness (QED) is 0.283. The van der Waals surface area contributed by atoms with Crippen LogP contribution in [0.1, 0.15) is 98.7 Å². The molecule has 4 heteroatoms. The molecule has 0 aliphatic heterocycles. The molecule has 0 heterocycles. The van der Waals surface area contributed by atoms with Gasteiger partial charge in [0.05, 0.1) is 17.2 Å². The van der Waals surface area contributed by atoms with Crippen molar-refractivity contribution in [3.05, 3.63) is 119 Å². The Morgan fingerprint density at radius 3 is 2.02 bits per heavy atom. The smallest absolute Gasteiger partial charge is 0.192 e. The van der Waals surface area contributed by atoms with Crippen molar-refractivity contribution in [2.75, 3.05) is 0 Å². The van der Waals surface area contributed by atoms with Crippen LogP contribution in [0, 0.1) is 18.3 Å². The van der Waals surface area contributed by atoms with Crippen molar-refractivity contribution < 1.29 is 13.2 Å². The van der Waals surface area contributed by atoms with E-state index in [1.807, 2.05) is 37.3 Å². The first kappa shape index (κ1) is 32.6. The minimum absolute atomic E-state index is 0.509. The maximum atomic E-state index is 12.1. The van der Waals surface area contributed by atoms with Crippen LogP contribution in [0.15, 0.2) is 79.9 Å². The Bertz CT molecular complexity index is 1330. The molecule has 0 amide bonds. The number of rotatable bonds is 6. The molecule has 1 fully saturated rings. The molecular weight excluding hydrogens is 503 g/mol. The molecule has 40 heavy (non-hydrogen) atoms. The normalized spacial score (nSPS) is 13.2. The standard InChI is InChI=1S/C15H20.C12H13N.C9H9F3/c1-5-15(9-10-15)14-8-6-7-13(11(2)3)12(14)4;1-9(2)11-4-6-12(7-5-11)10(3)8-13;1-2-7-4-3-5-8(6-7)9(10,11)12/h6-8H,2,5,9-10H2,1,3-4H3;4-7,9H,3H2,1-2H3;3-6H,2H2,1H3. The Labute approximate surface area is 239 Å². The van der Waals surface area contributed by atoms with Gasteiger partial charge in [-0.25, -0.2) is 0 Å². The van der Waals surface area contributed by atoms with Crippen LogP contribution in [-0.4, -0.2) is 0 Å². The molecule has 1 saturated carbocycles. The van der Waals surface area contributed by atoms with Gasteiger partial charge in [-0.05, 0) is 90.3 Å². The van der Waals surface area contributed by atoms with E-state index in [1.165, 1.54) is 53.7 Å². The molecule has 0 spiro atoms. The summed E-state index contributed by atoms with van der Waals surface area (Å²) in [5.74, 6) is 0.532. The second kappa shape index (κ2) is 14.2. The molecular formula is C36H42F3N. The van der Waals surface area contributed by atoms with Crippen molar-refractivity contribution in [3.8, 4) is 6.07 Å². The van der Waals surface area contributed by atoms with Crippen LogP contribution < -0.4 is 0 Å². The van der Waals surface area contributed by atoms with Crippen LogP contribution in [-0.2, 0) is 18.0 Å². The average molecular weight is 546 g/mol. The van der Waals surface area contributed by atoms with Gasteiger partial charge in [0.25, 0.3) is 0 Å². The minimum Gasteiger partial charge on any atom is -0.192 e. The van der Waals surface area contributed by atoms with Gasteiger partial charge < -0.3 is 0 Å². The molecule has 0 saturated heterocycles. The first-order chi connectivity index (χ1) is 18.8. The van der Waals surface area contributed by atoms with Gasteiger partial charge in [0.1, 0.15) is 0 Å². The largest absolute Gasteiger partial charge is 0.416 e. The number of allylic oxidation sites excluding steroid dienone is 2. The molecule has 0 bridgehead atoms. The second-order valence-corrected chi connectivity index (χ2v) is 10.8. The third-order valence-corrected chi connectivity index (χ3v) is 7.62. The summed E-state index contributed by atoms with van der Waals surface area (Å²) in [6.07, 6.45) is 0.413. The molecule has 1 aliphatic rings. The van der Waals surface area contributed by atoms with Gasteiger partial charge in [0.2, 0.25) is 0 Å². The van der Waals surface area contributed by atoms with E-state index in [9.17, 15) is 13.2 Å². The number of alkyl halides is 3. The van der Waals surface area contributed by atoms with Crippen LogP contribution in [0.25, 0.3) is 11.1 Å². The minimum atomic E-state index is -4.22. The van der Waals surface area contributed by atoms with E-state index < -0.39 is 11.7 Å². The number of hydrogen-bond acceptors (Lipinski definition) is 1. The predicted octanol–water partition coefficient (Wildman–Crippen LogP) is 11.1. The Balaban J connectivity index is 0.000000212. The Morgan fingerprint density at radius 2 is 1.57 bits per heavy atom. The molecule has 0 unspecified atom stereocenters. The van der Waals surface area contributed by atoms with Crippen molar-refractivity contribution >= 4 is 11.1 Å². The summed E-state index contributed by atoms with van der Waals surface area (Å²) in [5, 5.41) is 8.62. The van der Waals surface area contributed by atoms with E-state index in [2.05, 4.69) is 66.0 Å². The number of benzene rings is 3. The Kier molecular flexibility index (Phi) is 11.6. The maximum absolute atomic E-state index is 12.1. The number of hydrogen-bond donors (Lipinski definition) is 0. The van der Waals surface area contributed by atoms with Gasteiger partial charge in [0, 0.05) is 0 Å². The van der Waals surface area contributed by atoms with Gasteiger partial charge in [-0.3, -0.25) is 0 Å². The fourth-order valence-corrected chi connectivity index (χ4v) is 4.74. The number of nitrogens with zero attached hydrogens (tertiary/aromatic N) is 1. The first-order valence-electron chi connectivity index (χ1n) is 13.9. The maximum Gasteiger partial charge on any atom is 0.416 e. The third-order valence-electron chi connectivity index (χ3n) is 7.62.